The van der Waals surface area contributed by atoms with E-state index in [0.29, 0.717) is 0 Å². The SMILES string of the molecule is CN(C)c1ccc(C(=C2C=CC(=[N+](C)C)C=C2)c2cccs2)cc1. The molecule has 0 aliphatic heterocycles. The molecule has 0 radical (unpaired) electrons. The zero-order chi connectivity index (χ0) is 17.1. The fourth-order valence-electron chi connectivity index (χ4n) is 2.72. The highest BCUT2D eigenvalue weighted by Crippen LogP contribution is 2.33. The van der Waals surface area contributed by atoms with E-state index in [0.717, 1.165) is 0 Å². The van der Waals surface area contributed by atoms with Gasteiger partial charge in [0.25, 0.3) is 0 Å². The minimum Gasteiger partial charge on any atom is -0.378 e. The first kappa shape index (κ1) is 16.5. The highest BCUT2D eigenvalue weighted by atomic mass is 32.1. The average Bonchev–Trinajstić information content (AvgIpc) is 3.10. The van der Waals surface area contributed by atoms with Gasteiger partial charge in [0, 0.05) is 42.4 Å². The van der Waals surface area contributed by atoms with Gasteiger partial charge in [0.2, 0.25) is 0 Å². The smallest absolute Gasteiger partial charge is 0.199 e. The van der Waals surface area contributed by atoms with Gasteiger partial charge in [-0.2, -0.15) is 0 Å². The third kappa shape index (κ3) is 3.41. The lowest BCUT2D eigenvalue weighted by atomic mass is 9.95. The van der Waals surface area contributed by atoms with Crippen molar-refractivity contribution in [2.24, 2.45) is 0 Å². The Morgan fingerprint density at radius 3 is 2.08 bits per heavy atom. The van der Waals surface area contributed by atoms with Gasteiger partial charge in [-0.1, -0.05) is 18.2 Å². The molecule has 1 aliphatic carbocycles. The summed E-state index contributed by atoms with van der Waals surface area (Å²) in [6, 6.07) is 13.1. The van der Waals surface area contributed by atoms with Crippen molar-refractivity contribution in [3.63, 3.8) is 0 Å². The van der Waals surface area contributed by atoms with Crippen LogP contribution in [0.15, 0.2) is 71.7 Å². The van der Waals surface area contributed by atoms with E-state index in [-0.39, 0.29) is 0 Å². The van der Waals surface area contributed by atoms with Crippen molar-refractivity contribution in [3.05, 3.63) is 82.1 Å². The largest absolute Gasteiger partial charge is 0.378 e. The Balaban J connectivity index is 2.09. The molecule has 1 aromatic carbocycles. The molecule has 0 spiro atoms. The van der Waals surface area contributed by atoms with Gasteiger partial charge < -0.3 is 4.90 Å². The summed E-state index contributed by atoms with van der Waals surface area (Å²) < 4.78 is 2.13. The zero-order valence-corrected chi connectivity index (χ0v) is 15.5. The molecule has 0 amide bonds. The van der Waals surface area contributed by atoms with E-state index in [1.54, 1.807) is 11.3 Å². The van der Waals surface area contributed by atoms with Crippen molar-refractivity contribution in [1.82, 2.24) is 0 Å². The highest BCUT2D eigenvalue weighted by Gasteiger charge is 2.13. The fourth-order valence-corrected chi connectivity index (χ4v) is 3.54. The number of hydrogen-bond acceptors (Lipinski definition) is 2. The summed E-state index contributed by atoms with van der Waals surface area (Å²) in [5.74, 6) is 0. The average molecular weight is 335 g/mol. The molecule has 2 nitrogen and oxygen atoms in total. The summed E-state index contributed by atoms with van der Waals surface area (Å²) in [6.07, 6.45) is 8.78. The Morgan fingerprint density at radius 2 is 1.58 bits per heavy atom. The molecule has 3 heteroatoms. The first-order valence-corrected chi connectivity index (χ1v) is 8.90. The molecular weight excluding hydrogens is 312 g/mol. The van der Waals surface area contributed by atoms with Crippen LogP contribution in [0.3, 0.4) is 0 Å². The van der Waals surface area contributed by atoms with Crippen LogP contribution >= 0.6 is 11.3 Å². The Hall–Kier alpha value is -2.39. The van der Waals surface area contributed by atoms with Crippen molar-refractivity contribution in [3.8, 4) is 0 Å². The normalized spacial score (nSPS) is 13.3. The van der Waals surface area contributed by atoms with Crippen LogP contribution in [0.5, 0.6) is 0 Å². The number of rotatable bonds is 3. The van der Waals surface area contributed by atoms with Gasteiger partial charge in [-0.3, -0.25) is 0 Å². The van der Waals surface area contributed by atoms with Crippen LogP contribution in [0.4, 0.5) is 5.69 Å². The molecule has 1 aromatic heterocycles. The summed E-state index contributed by atoms with van der Waals surface area (Å²) in [5.41, 5.74) is 6.22. The summed E-state index contributed by atoms with van der Waals surface area (Å²) in [7, 11) is 8.27. The Kier molecular flexibility index (Phi) is 4.81. The van der Waals surface area contributed by atoms with Gasteiger partial charge in [0.05, 0.1) is 0 Å². The molecule has 1 heterocycles. The van der Waals surface area contributed by atoms with Gasteiger partial charge in [-0.05, 0) is 46.9 Å². The second-order valence-electron chi connectivity index (χ2n) is 6.23. The zero-order valence-electron chi connectivity index (χ0n) is 14.7. The van der Waals surface area contributed by atoms with Gasteiger partial charge in [0.1, 0.15) is 14.1 Å². The number of allylic oxidation sites excluding steroid dienone is 5. The van der Waals surface area contributed by atoms with E-state index in [1.807, 2.05) is 0 Å². The van der Waals surface area contributed by atoms with Crippen molar-refractivity contribution in [1.29, 1.82) is 0 Å². The maximum absolute atomic E-state index is 2.21. The molecule has 0 saturated heterocycles. The highest BCUT2D eigenvalue weighted by molar-refractivity contribution is 7.11. The monoisotopic (exact) mass is 335 g/mol. The molecule has 3 rings (SSSR count). The third-order valence-electron chi connectivity index (χ3n) is 4.11. The number of thiophene rings is 1. The van der Waals surface area contributed by atoms with Crippen LogP contribution < -0.4 is 4.90 Å². The lowest BCUT2D eigenvalue weighted by Crippen LogP contribution is -2.10. The molecule has 2 aromatic rings. The Morgan fingerprint density at radius 1 is 0.917 bits per heavy atom. The molecule has 0 atom stereocenters. The number of nitrogens with zero attached hydrogens (tertiary/aromatic N) is 2. The second-order valence-corrected chi connectivity index (χ2v) is 7.18. The Bertz CT molecular complexity index is 810. The van der Waals surface area contributed by atoms with Crippen LogP contribution in [0.1, 0.15) is 10.4 Å². The van der Waals surface area contributed by atoms with Crippen LogP contribution in [-0.4, -0.2) is 38.5 Å². The van der Waals surface area contributed by atoms with Crippen LogP contribution in [0, 0.1) is 0 Å². The minimum atomic E-state index is 1.22. The van der Waals surface area contributed by atoms with E-state index in [9.17, 15) is 0 Å². The summed E-state index contributed by atoms with van der Waals surface area (Å²) >= 11 is 1.78. The van der Waals surface area contributed by atoms with Crippen LogP contribution in [0.2, 0.25) is 0 Å². The summed E-state index contributed by atoms with van der Waals surface area (Å²) in [6.45, 7) is 0. The maximum atomic E-state index is 2.21. The molecule has 0 saturated carbocycles. The van der Waals surface area contributed by atoms with Crippen molar-refractivity contribution in [2.75, 3.05) is 33.1 Å². The van der Waals surface area contributed by atoms with Gasteiger partial charge in [0.15, 0.2) is 5.71 Å². The first-order valence-electron chi connectivity index (χ1n) is 8.02. The number of benzene rings is 1. The van der Waals surface area contributed by atoms with Crippen molar-refractivity contribution < 1.29 is 4.58 Å². The second kappa shape index (κ2) is 7.02. The van der Waals surface area contributed by atoms with E-state index in [1.165, 1.54) is 33.0 Å². The first-order chi connectivity index (χ1) is 11.6. The topological polar surface area (TPSA) is 6.25 Å². The fraction of sp³-hybridized carbons (Fsp3) is 0.190. The number of anilines is 1. The summed E-state index contributed by atoms with van der Waals surface area (Å²) in [5, 5.41) is 2.14. The lowest BCUT2D eigenvalue weighted by molar-refractivity contribution is -0.462. The maximum Gasteiger partial charge on any atom is 0.199 e. The predicted octanol–water partition coefficient (Wildman–Crippen LogP) is 4.46. The molecule has 0 fully saturated rings. The molecule has 0 unspecified atom stereocenters. The van der Waals surface area contributed by atoms with E-state index < -0.39 is 0 Å². The molecule has 1 aliphatic rings. The van der Waals surface area contributed by atoms with Crippen LogP contribution in [-0.2, 0) is 0 Å². The lowest BCUT2D eigenvalue weighted by Gasteiger charge is -2.15. The third-order valence-corrected chi connectivity index (χ3v) is 5.00. The minimum absolute atomic E-state index is 1.22. The van der Waals surface area contributed by atoms with Gasteiger partial charge >= 0.3 is 0 Å². The molecule has 0 N–H and O–H groups in total. The van der Waals surface area contributed by atoms with Gasteiger partial charge in [-0.15, -0.1) is 11.3 Å². The predicted molar refractivity (Wildman–Crippen MR) is 107 cm³/mol. The molecular formula is C21H23N2S+. The van der Waals surface area contributed by atoms with Gasteiger partial charge in [-0.25, -0.2) is 4.58 Å². The van der Waals surface area contributed by atoms with Crippen LogP contribution in [0.25, 0.3) is 5.57 Å². The molecule has 0 bridgehead atoms. The quantitative estimate of drug-likeness (QED) is 0.751. The van der Waals surface area contributed by atoms with E-state index >= 15 is 0 Å². The standard InChI is InChI=1S/C21H23N2S/c1-22(2)18-11-7-16(8-12-18)21(20-6-5-15-24-20)17-9-13-19(14-10-17)23(3)4/h5-15H,1-4H3/q+1. The van der Waals surface area contributed by atoms with Crippen molar-refractivity contribution in [2.45, 2.75) is 0 Å². The number of hydrogen-bond donors (Lipinski definition) is 0. The molecule has 24 heavy (non-hydrogen) atoms. The van der Waals surface area contributed by atoms with E-state index in [4.69, 9.17) is 0 Å². The summed E-state index contributed by atoms with van der Waals surface area (Å²) in [4.78, 5) is 3.42. The molecule has 122 valence electrons. The Labute approximate surface area is 148 Å². The van der Waals surface area contributed by atoms with Crippen molar-refractivity contribution >= 4 is 28.3 Å². The van der Waals surface area contributed by atoms with E-state index in [2.05, 4.69) is 104 Å².